The highest BCUT2D eigenvalue weighted by atomic mass is 32.1. The number of rotatable bonds is 3. The lowest BCUT2D eigenvalue weighted by atomic mass is 9.91. The Labute approximate surface area is 206 Å². The van der Waals surface area contributed by atoms with Gasteiger partial charge in [-0.2, -0.15) is 0 Å². The van der Waals surface area contributed by atoms with Gasteiger partial charge in [0.1, 0.15) is 5.82 Å². The van der Waals surface area contributed by atoms with Crippen LogP contribution >= 0.6 is 11.3 Å². The van der Waals surface area contributed by atoms with Crippen LogP contribution in [0.25, 0.3) is 48.9 Å². The number of benzene rings is 2. The molecule has 4 heterocycles. The maximum Gasteiger partial charge on any atom is 0.136 e. The molecule has 1 aliphatic carbocycles. The molecule has 0 bridgehead atoms. The predicted molar refractivity (Wildman–Crippen MR) is 143 cm³/mol. The van der Waals surface area contributed by atoms with E-state index in [2.05, 4.69) is 59.6 Å². The van der Waals surface area contributed by atoms with Crippen LogP contribution in [0.4, 0.5) is 0 Å². The van der Waals surface area contributed by atoms with Gasteiger partial charge in [-0.15, -0.1) is 11.3 Å². The van der Waals surface area contributed by atoms with Crippen LogP contribution in [0.3, 0.4) is 0 Å². The SMILES string of the molecule is C1=CC(c2nc(-c3ccccc3)cc(-c3ccccc3)n2)Cc2cc3sc4ccncc4c3nc21. The molecule has 35 heavy (non-hydrogen) atoms. The van der Waals surface area contributed by atoms with Gasteiger partial charge in [0.15, 0.2) is 0 Å². The number of aromatic nitrogens is 4. The Bertz CT molecular complexity index is 1660. The highest BCUT2D eigenvalue weighted by Crippen LogP contribution is 2.37. The molecule has 1 aliphatic rings. The van der Waals surface area contributed by atoms with Gasteiger partial charge in [0.05, 0.1) is 27.3 Å². The lowest BCUT2D eigenvalue weighted by Crippen LogP contribution is -2.11. The molecular formula is C30H20N4S. The molecule has 0 fully saturated rings. The van der Waals surface area contributed by atoms with Gasteiger partial charge in [-0.05, 0) is 36.3 Å². The molecule has 0 amide bonds. The summed E-state index contributed by atoms with van der Waals surface area (Å²) in [7, 11) is 0. The summed E-state index contributed by atoms with van der Waals surface area (Å²) in [6.07, 6.45) is 8.91. The van der Waals surface area contributed by atoms with Crippen molar-refractivity contribution < 1.29 is 0 Å². The first-order chi connectivity index (χ1) is 17.3. The summed E-state index contributed by atoms with van der Waals surface area (Å²) in [6.45, 7) is 0. The van der Waals surface area contributed by atoms with E-state index < -0.39 is 0 Å². The van der Waals surface area contributed by atoms with Crippen LogP contribution in [-0.4, -0.2) is 19.9 Å². The van der Waals surface area contributed by atoms with E-state index in [1.807, 2.05) is 48.8 Å². The molecular weight excluding hydrogens is 448 g/mol. The van der Waals surface area contributed by atoms with Gasteiger partial charge in [-0.25, -0.2) is 15.0 Å². The molecule has 0 saturated heterocycles. The number of hydrogen-bond donors (Lipinski definition) is 0. The summed E-state index contributed by atoms with van der Waals surface area (Å²) >= 11 is 1.77. The molecule has 0 N–H and O–H groups in total. The number of thiophene rings is 1. The summed E-state index contributed by atoms with van der Waals surface area (Å²) in [6, 6.07) is 27.1. The quantitative estimate of drug-likeness (QED) is 0.273. The summed E-state index contributed by atoms with van der Waals surface area (Å²) in [5, 5.41) is 1.12. The Balaban J connectivity index is 1.33. The fraction of sp³-hybridized carbons (Fsp3) is 0.0667. The fourth-order valence-corrected chi connectivity index (χ4v) is 5.81. The molecule has 1 atom stereocenters. The van der Waals surface area contributed by atoms with E-state index >= 15 is 0 Å². The van der Waals surface area contributed by atoms with Crippen LogP contribution in [0.2, 0.25) is 0 Å². The number of fused-ring (bicyclic) bond motifs is 4. The molecule has 2 aromatic carbocycles. The minimum Gasteiger partial charge on any atom is -0.264 e. The van der Waals surface area contributed by atoms with Gasteiger partial charge in [-0.3, -0.25) is 4.98 Å². The van der Waals surface area contributed by atoms with Crippen LogP contribution in [0.15, 0.2) is 97.3 Å². The Kier molecular flexibility index (Phi) is 4.74. The molecule has 0 radical (unpaired) electrons. The molecule has 0 spiro atoms. The highest BCUT2D eigenvalue weighted by Gasteiger charge is 2.22. The summed E-state index contributed by atoms with van der Waals surface area (Å²) < 4.78 is 2.42. The standard InChI is InChI=1S/C30H20N4S/c1-3-7-19(8-4-1)25-17-26(20-9-5-2-6-10-20)34-30(33-25)21-11-12-24-22(15-21)16-28-29(32-24)23-18-31-14-13-27(23)35-28/h1-14,16-18,21H,15H2. The second-order valence-corrected chi connectivity index (χ2v) is 9.84. The Morgan fingerprint density at radius 1 is 0.743 bits per heavy atom. The van der Waals surface area contributed by atoms with Crippen molar-refractivity contribution in [2.45, 2.75) is 12.3 Å². The van der Waals surface area contributed by atoms with Gasteiger partial charge in [0.2, 0.25) is 0 Å². The van der Waals surface area contributed by atoms with E-state index in [1.54, 1.807) is 11.3 Å². The maximum atomic E-state index is 5.03. The highest BCUT2D eigenvalue weighted by molar-refractivity contribution is 7.25. The normalized spacial score (nSPS) is 14.9. The number of hydrogen-bond acceptors (Lipinski definition) is 5. The average molecular weight is 469 g/mol. The van der Waals surface area contributed by atoms with Crippen LogP contribution in [0.5, 0.6) is 0 Å². The molecule has 4 nitrogen and oxygen atoms in total. The van der Waals surface area contributed by atoms with Crippen molar-refractivity contribution in [2.75, 3.05) is 0 Å². The van der Waals surface area contributed by atoms with Crippen LogP contribution < -0.4 is 0 Å². The van der Waals surface area contributed by atoms with E-state index in [0.717, 1.165) is 51.4 Å². The van der Waals surface area contributed by atoms with Crippen LogP contribution in [0.1, 0.15) is 23.0 Å². The molecule has 5 heteroatoms. The Morgan fingerprint density at radius 2 is 1.46 bits per heavy atom. The fourth-order valence-electron chi connectivity index (χ4n) is 4.73. The van der Waals surface area contributed by atoms with Gasteiger partial charge in [-0.1, -0.05) is 66.7 Å². The molecule has 1 unspecified atom stereocenters. The third-order valence-corrected chi connectivity index (χ3v) is 7.60. The van der Waals surface area contributed by atoms with Crippen LogP contribution in [0, 0.1) is 0 Å². The van der Waals surface area contributed by atoms with Crippen molar-refractivity contribution in [1.82, 2.24) is 19.9 Å². The number of pyridine rings is 2. The zero-order valence-corrected chi connectivity index (χ0v) is 19.6. The molecule has 4 aromatic heterocycles. The van der Waals surface area contributed by atoms with Gasteiger partial charge in [0, 0.05) is 39.5 Å². The van der Waals surface area contributed by atoms with Crippen molar-refractivity contribution in [3.05, 3.63) is 114 Å². The van der Waals surface area contributed by atoms with Crippen molar-refractivity contribution in [1.29, 1.82) is 0 Å². The van der Waals surface area contributed by atoms with Crippen LogP contribution in [-0.2, 0) is 6.42 Å². The summed E-state index contributed by atoms with van der Waals surface area (Å²) in [5.74, 6) is 0.927. The van der Waals surface area contributed by atoms with Crippen molar-refractivity contribution >= 4 is 37.7 Å². The third-order valence-electron chi connectivity index (χ3n) is 6.50. The van der Waals surface area contributed by atoms with E-state index in [4.69, 9.17) is 15.0 Å². The maximum absolute atomic E-state index is 5.03. The molecule has 0 aliphatic heterocycles. The van der Waals surface area contributed by atoms with E-state index in [1.165, 1.54) is 15.0 Å². The van der Waals surface area contributed by atoms with E-state index in [-0.39, 0.29) is 5.92 Å². The monoisotopic (exact) mass is 468 g/mol. The second-order valence-electron chi connectivity index (χ2n) is 8.75. The first-order valence-corrected chi connectivity index (χ1v) is 12.5. The summed E-state index contributed by atoms with van der Waals surface area (Å²) in [5.41, 5.74) is 7.37. The zero-order valence-electron chi connectivity index (χ0n) is 18.8. The average Bonchev–Trinajstić information content (AvgIpc) is 3.29. The Morgan fingerprint density at radius 3 is 2.17 bits per heavy atom. The molecule has 166 valence electrons. The van der Waals surface area contributed by atoms with Gasteiger partial charge in [0.25, 0.3) is 0 Å². The first kappa shape index (κ1) is 20.2. The molecule has 6 aromatic rings. The Hall–Kier alpha value is -4.22. The first-order valence-electron chi connectivity index (χ1n) is 11.7. The predicted octanol–water partition coefficient (Wildman–Crippen LogP) is 7.32. The lowest BCUT2D eigenvalue weighted by Gasteiger charge is -2.19. The molecule has 7 rings (SSSR count). The largest absolute Gasteiger partial charge is 0.264 e. The second kappa shape index (κ2) is 8.22. The molecule has 0 saturated carbocycles. The van der Waals surface area contributed by atoms with Crippen molar-refractivity contribution in [2.24, 2.45) is 0 Å². The van der Waals surface area contributed by atoms with Gasteiger partial charge >= 0.3 is 0 Å². The number of allylic oxidation sites excluding steroid dienone is 1. The minimum absolute atomic E-state index is 0.0870. The van der Waals surface area contributed by atoms with Gasteiger partial charge < -0.3 is 0 Å². The van der Waals surface area contributed by atoms with Crippen molar-refractivity contribution in [3.63, 3.8) is 0 Å². The third kappa shape index (κ3) is 3.61. The summed E-state index contributed by atoms with van der Waals surface area (Å²) in [4.78, 5) is 19.4. The smallest absolute Gasteiger partial charge is 0.136 e. The van der Waals surface area contributed by atoms with Crippen molar-refractivity contribution in [3.8, 4) is 22.5 Å². The lowest BCUT2D eigenvalue weighted by molar-refractivity contribution is 0.755. The van der Waals surface area contributed by atoms with E-state index in [0.29, 0.717) is 0 Å². The van der Waals surface area contributed by atoms with E-state index in [9.17, 15) is 0 Å². The zero-order chi connectivity index (χ0) is 23.2. The topological polar surface area (TPSA) is 51.6 Å². The number of nitrogens with zero attached hydrogens (tertiary/aromatic N) is 4. The minimum atomic E-state index is 0.0870.